The maximum atomic E-state index is 13.1. The Morgan fingerprint density at radius 2 is 2.00 bits per heavy atom. The van der Waals surface area contributed by atoms with E-state index in [1.54, 1.807) is 37.7 Å². The number of pyridine rings is 2. The third kappa shape index (κ3) is 4.15. The molecule has 1 aliphatic rings. The molecule has 1 amide bonds. The Kier molecular flexibility index (Phi) is 5.16. The summed E-state index contributed by atoms with van der Waals surface area (Å²) in [4.78, 5) is 25.7. The third-order valence-electron chi connectivity index (χ3n) is 5.47. The molecule has 1 aromatic carbocycles. The van der Waals surface area contributed by atoms with Crippen LogP contribution < -0.4 is 20.5 Å². The normalized spacial score (nSPS) is 13.7. The first-order valence-corrected chi connectivity index (χ1v) is 10.7. The van der Waals surface area contributed by atoms with Gasteiger partial charge in [0.2, 0.25) is 11.8 Å². The number of nitrogens with two attached hydrogens (primary N) is 1. The van der Waals surface area contributed by atoms with E-state index < -0.39 is 5.91 Å². The molecule has 0 saturated carbocycles. The van der Waals surface area contributed by atoms with Crippen molar-refractivity contribution in [3.8, 4) is 34.2 Å². The fourth-order valence-corrected chi connectivity index (χ4v) is 3.93. The Morgan fingerprint density at radius 1 is 1.15 bits per heavy atom. The van der Waals surface area contributed by atoms with E-state index in [-0.39, 0.29) is 17.2 Å². The van der Waals surface area contributed by atoms with Crippen LogP contribution in [0.4, 0.5) is 11.5 Å². The van der Waals surface area contributed by atoms with Crippen LogP contribution in [0.1, 0.15) is 29.9 Å². The Labute approximate surface area is 196 Å². The van der Waals surface area contributed by atoms with Crippen LogP contribution in [-0.2, 0) is 6.42 Å². The van der Waals surface area contributed by atoms with Crippen LogP contribution in [0.15, 0.2) is 59.5 Å². The standard InChI is InChI=1S/C25H23N5O4/c1-25(2)11-16-8-18(17(10-20(16)34-25)15-4-5-22(32-3)28-12-15)29-23(31)19-13-33-24(30-19)14-6-7-27-21(26)9-14/h4-10,12-13H,11H2,1-3H3,(H2,26,27)(H,29,31). The number of oxazole rings is 1. The van der Waals surface area contributed by atoms with E-state index in [2.05, 4.69) is 20.3 Å². The zero-order valence-electron chi connectivity index (χ0n) is 19.0. The third-order valence-corrected chi connectivity index (χ3v) is 5.47. The minimum Gasteiger partial charge on any atom is -0.487 e. The van der Waals surface area contributed by atoms with E-state index in [0.717, 1.165) is 28.9 Å². The van der Waals surface area contributed by atoms with Crippen molar-refractivity contribution < 1.29 is 18.7 Å². The number of benzene rings is 1. The molecule has 0 unspecified atom stereocenters. The van der Waals surface area contributed by atoms with Gasteiger partial charge in [0.05, 0.1) is 7.11 Å². The predicted octanol–water partition coefficient (Wildman–Crippen LogP) is 4.36. The molecule has 4 heterocycles. The number of fused-ring (bicyclic) bond motifs is 1. The van der Waals surface area contributed by atoms with E-state index in [4.69, 9.17) is 19.6 Å². The van der Waals surface area contributed by atoms with Crippen molar-refractivity contribution in [2.75, 3.05) is 18.2 Å². The van der Waals surface area contributed by atoms with Gasteiger partial charge in [0.25, 0.3) is 5.91 Å². The Balaban J connectivity index is 1.48. The molecule has 9 heteroatoms. The fraction of sp³-hybridized carbons (Fsp3) is 0.200. The molecule has 0 saturated heterocycles. The summed E-state index contributed by atoms with van der Waals surface area (Å²) in [5.41, 5.74) is 9.39. The van der Waals surface area contributed by atoms with Gasteiger partial charge in [-0.15, -0.1) is 0 Å². The molecular formula is C25H23N5O4. The van der Waals surface area contributed by atoms with E-state index in [1.165, 1.54) is 6.26 Å². The molecule has 3 N–H and O–H groups in total. The van der Waals surface area contributed by atoms with Crippen LogP contribution >= 0.6 is 0 Å². The van der Waals surface area contributed by atoms with Gasteiger partial charge in [-0.1, -0.05) is 0 Å². The summed E-state index contributed by atoms with van der Waals surface area (Å²) in [7, 11) is 1.56. The number of ether oxygens (including phenoxy) is 2. The minimum atomic E-state index is -0.405. The topological polar surface area (TPSA) is 125 Å². The number of carbonyl (C=O) groups excluding carboxylic acids is 1. The number of nitrogens with one attached hydrogen (secondary N) is 1. The second kappa shape index (κ2) is 8.18. The van der Waals surface area contributed by atoms with Crippen LogP contribution in [-0.4, -0.2) is 33.6 Å². The van der Waals surface area contributed by atoms with Gasteiger partial charge in [0.15, 0.2) is 5.69 Å². The highest BCUT2D eigenvalue weighted by Crippen LogP contribution is 2.42. The summed E-state index contributed by atoms with van der Waals surface area (Å²) in [6, 6.07) is 10.9. The number of amides is 1. The molecule has 1 aliphatic heterocycles. The van der Waals surface area contributed by atoms with E-state index in [9.17, 15) is 4.79 Å². The SMILES string of the molecule is COc1ccc(-c2cc3c(cc2NC(=O)c2coc(-c4ccnc(N)c4)n2)CC(C)(C)O3)cn1. The molecule has 4 aromatic rings. The van der Waals surface area contributed by atoms with Crippen molar-refractivity contribution in [3.05, 3.63) is 66.3 Å². The summed E-state index contributed by atoms with van der Waals surface area (Å²) < 4.78 is 16.8. The number of anilines is 2. The van der Waals surface area contributed by atoms with Crippen LogP contribution in [0.25, 0.3) is 22.6 Å². The lowest BCUT2D eigenvalue weighted by molar-refractivity contribution is 0.102. The van der Waals surface area contributed by atoms with E-state index >= 15 is 0 Å². The molecule has 0 atom stereocenters. The number of nitrogens with zero attached hydrogens (tertiary/aromatic N) is 3. The monoisotopic (exact) mass is 457 g/mol. The lowest BCUT2D eigenvalue weighted by atomic mass is 9.97. The van der Waals surface area contributed by atoms with Crippen LogP contribution in [0.3, 0.4) is 0 Å². The second-order valence-corrected chi connectivity index (χ2v) is 8.59. The number of hydrogen-bond donors (Lipinski definition) is 2. The van der Waals surface area contributed by atoms with Gasteiger partial charge in [0.1, 0.15) is 23.4 Å². The van der Waals surface area contributed by atoms with Gasteiger partial charge in [-0.3, -0.25) is 4.79 Å². The molecule has 0 radical (unpaired) electrons. The maximum absolute atomic E-state index is 13.1. The van der Waals surface area contributed by atoms with Crippen molar-refractivity contribution in [1.82, 2.24) is 15.0 Å². The van der Waals surface area contributed by atoms with Crippen molar-refractivity contribution in [3.63, 3.8) is 0 Å². The van der Waals surface area contributed by atoms with Crippen LogP contribution in [0, 0.1) is 0 Å². The zero-order chi connectivity index (χ0) is 23.9. The van der Waals surface area contributed by atoms with E-state index in [1.807, 2.05) is 32.0 Å². The van der Waals surface area contributed by atoms with Crippen molar-refractivity contribution in [1.29, 1.82) is 0 Å². The summed E-state index contributed by atoms with van der Waals surface area (Å²) in [5.74, 6) is 1.50. The summed E-state index contributed by atoms with van der Waals surface area (Å²) in [6.45, 7) is 4.06. The minimum absolute atomic E-state index is 0.140. The largest absolute Gasteiger partial charge is 0.487 e. The number of rotatable bonds is 5. The zero-order valence-corrected chi connectivity index (χ0v) is 19.0. The summed E-state index contributed by atoms with van der Waals surface area (Å²) >= 11 is 0. The van der Waals surface area contributed by atoms with Gasteiger partial charge in [-0.05, 0) is 44.2 Å². The first-order valence-electron chi connectivity index (χ1n) is 10.7. The molecule has 0 fully saturated rings. The van der Waals surface area contributed by atoms with Gasteiger partial charge in [-0.25, -0.2) is 15.0 Å². The number of hydrogen-bond acceptors (Lipinski definition) is 8. The van der Waals surface area contributed by atoms with Crippen molar-refractivity contribution in [2.45, 2.75) is 25.9 Å². The number of nitrogen functional groups attached to an aromatic ring is 1. The fourth-order valence-electron chi connectivity index (χ4n) is 3.93. The quantitative estimate of drug-likeness (QED) is 0.453. The number of carbonyl (C=O) groups is 1. The van der Waals surface area contributed by atoms with Crippen molar-refractivity contribution in [2.24, 2.45) is 0 Å². The van der Waals surface area contributed by atoms with Crippen LogP contribution in [0.5, 0.6) is 11.6 Å². The molecule has 9 nitrogen and oxygen atoms in total. The molecule has 0 aliphatic carbocycles. The molecule has 0 spiro atoms. The lowest BCUT2D eigenvalue weighted by Gasteiger charge is -2.17. The molecule has 5 rings (SSSR count). The number of methoxy groups -OCH3 is 1. The maximum Gasteiger partial charge on any atom is 0.277 e. The van der Waals surface area contributed by atoms with Gasteiger partial charge in [0, 0.05) is 52.8 Å². The summed E-state index contributed by atoms with van der Waals surface area (Å²) in [6.07, 6.45) is 5.29. The van der Waals surface area contributed by atoms with Crippen LogP contribution in [0.2, 0.25) is 0 Å². The van der Waals surface area contributed by atoms with Crippen molar-refractivity contribution >= 4 is 17.4 Å². The first-order chi connectivity index (χ1) is 16.3. The average molecular weight is 457 g/mol. The summed E-state index contributed by atoms with van der Waals surface area (Å²) in [5, 5.41) is 2.97. The highest BCUT2D eigenvalue weighted by atomic mass is 16.5. The van der Waals surface area contributed by atoms with Gasteiger partial charge < -0.3 is 24.9 Å². The average Bonchev–Trinajstić information content (AvgIpc) is 3.42. The number of aromatic nitrogens is 3. The molecule has 3 aromatic heterocycles. The Bertz CT molecular complexity index is 1380. The highest BCUT2D eigenvalue weighted by Gasteiger charge is 2.31. The van der Waals surface area contributed by atoms with Gasteiger partial charge in [-0.2, -0.15) is 0 Å². The molecule has 172 valence electrons. The highest BCUT2D eigenvalue weighted by molar-refractivity contribution is 6.05. The second-order valence-electron chi connectivity index (χ2n) is 8.59. The molecule has 0 bridgehead atoms. The molecular weight excluding hydrogens is 434 g/mol. The smallest absolute Gasteiger partial charge is 0.277 e. The predicted molar refractivity (Wildman–Crippen MR) is 127 cm³/mol. The Morgan fingerprint density at radius 3 is 2.74 bits per heavy atom. The first kappa shape index (κ1) is 21.4. The molecule has 34 heavy (non-hydrogen) atoms. The lowest BCUT2D eigenvalue weighted by Crippen LogP contribution is -2.24. The Hall–Kier alpha value is -4.40. The van der Waals surface area contributed by atoms with E-state index in [0.29, 0.717) is 22.9 Å². The van der Waals surface area contributed by atoms with Gasteiger partial charge >= 0.3 is 0 Å².